The number of hydrogen-bond donors (Lipinski definition) is 1. The van der Waals surface area contributed by atoms with Crippen molar-refractivity contribution in [1.29, 1.82) is 0 Å². The van der Waals surface area contributed by atoms with Crippen LogP contribution < -0.4 is 10.6 Å². The van der Waals surface area contributed by atoms with Gasteiger partial charge in [0.15, 0.2) is 0 Å². The quantitative estimate of drug-likeness (QED) is 0.895. The minimum absolute atomic E-state index is 0.318. The molecule has 3 atom stereocenters. The molecule has 0 unspecified atom stereocenters. The summed E-state index contributed by atoms with van der Waals surface area (Å²) in [5.41, 5.74) is 5.58. The number of halogens is 3. The van der Waals surface area contributed by atoms with Crippen LogP contribution in [0.4, 0.5) is 19.0 Å². The molecule has 2 aliphatic rings. The summed E-state index contributed by atoms with van der Waals surface area (Å²) in [4.78, 5) is 6.17. The highest BCUT2D eigenvalue weighted by Crippen LogP contribution is 2.33. The van der Waals surface area contributed by atoms with Gasteiger partial charge in [0.2, 0.25) is 0 Å². The maximum absolute atomic E-state index is 12.7. The van der Waals surface area contributed by atoms with Crippen molar-refractivity contribution in [3.63, 3.8) is 0 Å². The van der Waals surface area contributed by atoms with Gasteiger partial charge in [0.1, 0.15) is 5.82 Å². The second-order valence-corrected chi connectivity index (χ2v) is 7.30. The Kier molecular flexibility index (Phi) is 5.33. The van der Waals surface area contributed by atoms with Gasteiger partial charge in [-0.3, -0.25) is 0 Å². The number of alkyl halides is 3. The zero-order valence-corrected chi connectivity index (χ0v) is 13.9. The van der Waals surface area contributed by atoms with E-state index in [0.717, 1.165) is 44.6 Å². The molecule has 2 heterocycles. The lowest BCUT2D eigenvalue weighted by atomic mass is 9.77. The van der Waals surface area contributed by atoms with E-state index < -0.39 is 11.7 Å². The van der Waals surface area contributed by atoms with E-state index in [4.69, 9.17) is 5.73 Å². The lowest BCUT2D eigenvalue weighted by Crippen LogP contribution is -2.40. The smallest absolute Gasteiger partial charge is 0.356 e. The highest BCUT2D eigenvalue weighted by molar-refractivity contribution is 5.40. The molecule has 3 nitrogen and oxygen atoms in total. The van der Waals surface area contributed by atoms with Crippen LogP contribution in [0.5, 0.6) is 0 Å². The molecule has 6 heteroatoms. The van der Waals surface area contributed by atoms with Crippen molar-refractivity contribution >= 4 is 5.82 Å². The first-order valence-corrected chi connectivity index (χ1v) is 8.97. The molecule has 1 saturated heterocycles. The predicted octanol–water partition coefficient (Wildman–Crippen LogP) is 4.22. The molecule has 0 amide bonds. The third-order valence-corrected chi connectivity index (χ3v) is 5.52. The van der Waals surface area contributed by atoms with Crippen LogP contribution in [-0.4, -0.2) is 24.1 Å². The summed E-state index contributed by atoms with van der Waals surface area (Å²) < 4.78 is 38.0. The molecule has 0 radical (unpaired) electrons. The van der Waals surface area contributed by atoms with E-state index in [1.54, 1.807) is 0 Å². The largest absolute Gasteiger partial charge is 0.417 e. The molecule has 1 aromatic rings. The molecule has 2 N–H and O–H groups in total. The first kappa shape index (κ1) is 17.5. The molecular weight excluding hydrogens is 315 g/mol. The topological polar surface area (TPSA) is 42.1 Å². The third kappa shape index (κ3) is 4.21. The number of hydrogen-bond acceptors (Lipinski definition) is 3. The Morgan fingerprint density at radius 3 is 2.58 bits per heavy atom. The monoisotopic (exact) mass is 341 g/mol. The second-order valence-electron chi connectivity index (χ2n) is 7.30. The number of piperidine rings is 1. The summed E-state index contributed by atoms with van der Waals surface area (Å²) in [6.45, 7) is 1.74. The maximum atomic E-state index is 12.7. The average molecular weight is 341 g/mol. The molecule has 0 bridgehead atoms. The zero-order valence-electron chi connectivity index (χ0n) is 13.9. The Balaban J connectivity index is 1.60. The van der Waals surface area contributed by atoms with E-state index >= 15 is 0 Å². The van der Waals surface area contributed by atoms with E-state index in [-0.39, 0.29) is 0 Å². The van der Waals surface area contributed by atoms with Gasteiger partial charge in [0.05, 0.1) is 5.56 Å². The van der Waals surface area contributed by atoms with Gasteiger partial charge in [-0.1, -0.05) is 12.8 Å². The van der Waals surface area contributed by atoms with E-state index in [9.17, 15) is 13.2 Å². The minimum atomic E-state index is -4.33. The first-order valence-electron chi connectivity index (χ1n) is 8.97. The standard InChI is InChI=1S/C18H26F3N3/c19-18(20,21)15-7-8-17(23-11-15)24-9-3-4-13(12-24)10-14-5-1-2-6-16(14)22/h7-8,11,13-14,16H,1-6,9-10,12,22H2/t13-,14+,16-/m1/s1. The molecule has 1 aliphatic carbocycles. The first-order chi connectivity index (χ1) is 11.4. The Morgan fingerprint density at radius 1 is 1.12 bits per heavy atom. The van der Waals surface area contributed by atoms with Crippen molar-refractivity contribution < 1.29 is 13.2 Å². The fraction of sp³-hybridized carbons (Fsp3) is 0.722. The van der Waals surface area contributed by atoms with Gasteiger partial charge in [0.25, 0.3) is 0 Å². The molecular formula is C18H26F3N3. The summed E-state index contributed by atoms with van der Waals surface area (Å²) in [7, 11) is 0. The number of aromatic nitrogens is 1. The van der Waals surface area contributed by atoms with E-state index in [1.807, 2.05) is 0 Å². The minimum Gasteiger partial charge on any atom is -0.356 e. The van der Waals surface area contributed by atoms with Gasteiger partial charge >= 0.3 is 6.18 Å². The number of pyridine rings is 1. The number of rotatable bonds is 3. The Labute approximate surface area is 141 Å². The Morgan fingerprint density at radius 2 is 1.92 bits per heavy atom. The third-order valence-electron chi connectivity index (χ3n) is 5.52. The number of nitrogens with zero attached hydrogens (tertiary/aromatic N) is 2. The molecule has 134 valence electrons. The second kappa shape index (κ2) is 7.30. The van der Waals surface area contributed by atoms with Crippen molar-refractivity contribution in [3.05, 3.63) is 23.9 Å². The van der Waals surface area contributed by atoms with Gasteiger partial charge in [-0.15, -0.1) is 0 Å². The van der Waals surface area contributed by atoms with Crippen molar-refractivity contribution in [1.82, 2.24) is 4.98 Å². The molecule has 2 fully saturated rings. The predicted molar refractivity (Wildman–Crippen MR) is 88.7 cm³/mol. The number of nitrogens with two attached hydrogens (primary N) is 1. The summed E-state index contributed by atoms with van der Waals surface area (Å²) in [6, 6.07) is 2.94. The zero-order chi connectivity index (χ0) is 17.2. The van der Waals surface area contributed by atoms with Crippen molar-refractivity contribution in [2.45, 2.75) is 57.2 Å². The van der Waals surface area contributed by atoms with E-state index in [1.165, 1.54) is 31.7 Å². The van der Waals surface area contributed by atoms with Crippen LogP contribution in [0.25, 0.3) is 0 Å². The lowest BCUT2D eigenvalue weighted by molar-refractivity contribution is -0.137. The molecule has 1 aliphatic heterocycles. The van der Waals surface area contributed by atoms with Crippen molar-refractivity contribution in [2.24, 2.45) is 17.6 Å². The van der Waals surface area contributed by atoms with Crippen LogP contribution >= 0.6 is 0 Å². The molecule has 0 spiro atoms. The van der Waals surface area contributed by atoms with Crippen LogP contribution in [0, 0.1) is 11.8 Å². The highest BCUT2D eigenvalue weighted by atomic mass is 19.4. The van der Waals surface area contributed by atoms with Crippen LogP contribution in [0.3, 0.4) is 0 Å². The Bertz CT molecular complexity index is 529. The summed E-state index contributed by atoms with van der Waals surface area (Å²) in [6.07, 6.45) is 4.86. The average Bonchev–Trinajstić information content (AvgIpc) is 2.57. The van der Waals surface area contributed by atoms with Crippen LogP contribution in [0.1, 0.15) is 50.5 Å². The lowest BCUT2D eigenvalue weighted by Gasteiger charge is -2.37. The molecule has 1 aromatic heterocycles. The van der Waals surface area contributed by atoms with Crippen molar-refractivity contribution in [3.8, 4) is 0 Å². The normalized spacial score (nSPS) is 28.8. The summed E-state index contributed by atoms with van der Waals surface area (Å²) >= 11 is 0. The van der Waals surface area contributed by atoms with Gasteiger partial charge in [-0.25, -0.2) is 4.98 Å². The van der Waals surface area contributed by atoms with E-state index in [0.29, 0.717) is 23.7 Å². The fourth-order valence-electron chi connectivity index (χ4n) is 4.16. The SMILES string of the molecule is N[C@@H]1CCCC[C@H]1C[C@H]1CCCN(c2ccc(C(F)(F)F)cn2)C1. The van der Waals surface area contributed by atoms with Crippen LogP contribution in [0.15, 0.2) is 18.3 Å². The molecule has 3 rings (SSSR count). The van der Waals surface area contributed by atoms with Gasteiger partial charge in [-0.2, -0.15) is 13.2 Å². The Hall–Kier alpha value is -1.30. The maximum Gasteiger partial charge on any atom is 0.417 e. The van der Waals surface area contributed by atoms with Crippen LogP contribution in [-0.2, 0) is 6.18 Å². The molecule has 1 saturated carbocycles. The molecule has 24 heavy (non-hydrogen) atoms. The summed E-state index contributed by atoms with van der Waals surface area (Å²) in [5, 5.41) is 0. The number of anilines is 1. The van der Waals surface area contributed by atoms with E-state index in [2.05, 4.69) is 9.88 Å². The molecule has 0 aromatic carbocycles. The highest BCUT2D eigenvalue weighted by Gasteiger charge is 2.32. The van der Waals surface area contributed by atoms with Gasteiger partial charge in [0, 0.05) is 25.3 Å². The van der Waals surface area contributed by atoms with Gasteiger partial charge in [-0.05, 0) is 56.1 Å². The van der Waals surface area contributed by atoms with Crippen LogP contribution in [0.2, 0.25) is 0 Å². The fourth-order valence-corrected chi connectivity index (χ4v) is 4.16. The van der Waals surface area contributed by atoms with Crippen molar-refractivity contribution in [2.75, 3.05) is 18.0 Å². The van der Waals surface area contributed by atoms with Gasteiger partial charge < -0.3 is 10.6 Å². The summed E-state index contributed by atoms with van der Waals surface area (Å²) in [5.74, 6) is 1.82.